The van der Waals surface area contributed by atoms with Gasteiger partial charge in [0.05, 0.1) is 14.2 Å². The van der Waals surface area contributed by atoms with Crippen molar-refractivity contribution in [2.45, 2.75) is 32.1 Å². The number of aliphatic imine (C=N–C) groups is 1. The van der Waals surface area contributed by atoms with Crippen LogP contribution in [0.3, 0.4) is 0 Å². The van der Waals surface area contributed by atoms with Crippen molar-refractivity contribution in [1.82, 2.24) is 0 Å². The van der Waals surface area contributed by atoms with E-state index in [9.17, 15) is 4.79 Å². The number of rotatable bonds is 7. The Hall–Kier alpha value is -2.62. The topological polar surface area (TPSA) is 47.9 Å². The van der Waals surface area contributed by atoms with Gasteiger partial charge in [0.25, 0.3) is 0 Å². The van der Waals surface area contributed by atoms with Crippen LogP contribution in [0, 0.1) is 0 Å². The molecule has 1 heterocycles. The van der Waals surface area contributed by atoms with E-state index in [1.54, 1.807) is 14.2 Å². The number of benzene rings is 2. The van der Waals surface area contributed by atoms with Gasteiger partial charge in [0.2, 0.25) is 0 Å². The van der Waals surface area contributed by atoms with Crippen LogP contribution in [0.15, 0.2) is 47.5 Å². The lowest BCUT2D eigenvalue weighted by atomic mass is 9.87. The van der Waals surface area contributed by atoms with Gasteiger partial charge in [-0.3, -0.25) is 9.79 Å². The van der Waals surface area contributed by atoms with Crippen molar-refractivity contribution in [3.8, 4) is 11.5 Å². The van der Waals surface area contributed by atoms with Crippen LogP contribution in [-0.2, 0) is 11.2 Å². The lowest BCUT2D eigenvalue weighted by Crippen LogP contribution is -2.21. The van der Waals surface area contributed by atoms with Crippen molar-refractivity contribution in [3.63, 3.8) is 0 Å². The van der Waals surface area contributed by atoms with Crippen molar-refractivity contribution < 1.29 is 14.3 Å². The van der Waals surface area contributed by atoms with E-state index in [0.29, 0.717) is 18.7 Å². The SMILES string of the molecule is CC[C@@H](C(=O)CC1=NCCc2cc(OC)c(OC)cc21)c1ccccc1. The first-order valence-electron chi connectivity index (χ1n) is 9.04. The zero-order valence-electron chi connectivity index (χ0n) is 15.6. The van der Waals surface area contributed by atoms with E-state index in [1.807, 2.05) is 42.5 Å². The smallest absolute Gasteiger partial charge is 0.161 e. The third-order valence-corrected chi connectivity index (χ3v) is 4.94. The number of carbonyl (C=O) groups excluding carboxylic acids is 1. The van der Waals surface area contributed by atoms with E-state index in [4.69, 9.17) is 9.47 Å². The minimum atomic E-state index is -0.0931. The molecule has 0 saturated carbocycles. The molecule has 0 spiro atoms. The standard InChI is InChI=1S/C22H25NO3/c1-4-17(15-8-6-5-7-9-15)20(24)14-19-18-13-22(26-3)21(25-2)12-16(18)10-11-23-19/h5-9,12-13,17H,4,10-11,14H2,1-3H3/t17-/m1/s1. The van der Waals surface area contributed by atoms with E-state index in [1.165, 1.54) is 0 Å². The van der Waals surface area contributed by atoms with Gasteiger partial charge in [-0.25, -0.2) is 0 Å². The summed E-state index contributed by atoms with van der Waals surface area (Å²) in [5.74, 6) is 1.50. The van der Waals surface area contributed by atoms with Crippen LogP contribution in [0.2, 0.25) is 0 Å². The van der Waals surface area contributed by atoms with Gasteiger partial charge < -0.3 is 9.47 Å². The molecule has 0 aromatic heterocycles. The molecule has 0 fully saturated rings. The Morgan fingerprint density at radius 1 is 1.12 bits per heavy atom. The van der Waals surface area contributed by atoms with Crippen LogP contribution < -0.4 is 9.47 Å². The van der Waals surface area contributed by atoms with Crippen LogP contribution in [0.1, 0.15) is 42.4 Å². The summed E-state index contributed by atoms with van der Waals surface area (Å²) < 4.78 is 10.8. The molecule has 4 heteroatoms. The Labute approximate surface area is 154 Å². The number of methoxy groups -OCH3 is 2. The Balaban J connectivity index is 1.87. The molecule has 1 atom stereocenters. The Bertz CT molecular complexity index is 812. The van der Waals surface area contributed by atoms with Crippen LogP contribution >= 0.6 is 0 Å². The van der Waals surface area contributed by atoms with Crippen LogP contribution in [-0.4, -0.2) is 32.3 Å². The number of nitrogens with zero attached hydrogens (tertiary/aromatic N) is 1. The fourth-order valence-electron chi connectivity index (χ4n) is 3.57. The maximum absolute atomic E-state index is 13.0. The van der Waals surface area contributed by atoms with Crippen molar-refractivity contribution in [1.29, 1.82) is 0 Å². The molecule has 2 aromatic carbocycles. The predicted molar refractivity (Wildman–Crippen MR) is 104 cm³/mol. The number of hydrogen-bond acceptors (Lipinski definition) is 4. The molecule has 1 aliphatic heterocycles. The highest BCUT2D eigenvalue weighted by molar-refractivity contribution is 6.13. The van der Waals surface area contributed by atoms with Crippen LogP contribution in [0.4, 0.5) is 0 Å². The largest absolute Gasteiger partial charge is 0.493 e. The summed E-state index contributed by atoms with van der Waals surface area (Å²) in [4.78, 5) is 17.6. The Morgan fingerprint density at radius 2 is 1.81 bits per heavy atom. The summed E-state index contributed by atoms with van der Waals surface area (Å²) in [7, 11) is 3.26. The average Bonchev–Trinajstić information content (AvgIpc) is 2.68. The minimum Gasteiger partial charge on any atom is -0.493 e. The molecule has 26 heavy (non-hydrogen) atoms. The number of hydrogen-bond donors (Lipinski definition) is 0. The van der Waals surface area contributed by atoms with E-state index < -0.39 is 0 Å². The number of Topliss-reactive ketones (excluding diaryl/α,β-unsaturated/α-hetero) is 1. The van der Waals surface area contributed by atoms with E-state index >= 15 is 0 Å². The van der Waals surface area contributed by atoms with E-state index in [-0.39, 0.29) is 11.7 Å². The average molecular weight is 351 g/mol. The number of ketones is 1. The number of fused-ring (bicyclic) bond motifs is 1. The third kappa shape index (κ3) is 3.64. The maximum Gasteiger partial charge on any atom is 0.161 e. The molecule has 1 aliphatic rings. The zero-order valence-corrected chi connectivity index (χ0v) is 15.6. The first-order valence-corrected chi connectivity index (χ1v) is 9.04. The van der Waals surface area contributed by atoms with Crippen molar-refractivity contribution in [3.05, 3.63) is 59.2 Å². The molecule has 0 saturated heterocycles. The van der Waals surface area contributed by atoms with Crippen LogP contribution in [0.5, 0.6) is 11.5 Å². The summed E-state index contributed by atoms with van der Waals surface area (Å²) in [5, 5.41) is 0. The summed E-state index contributed by atoms with van der Waals surface area (Å²) in [6, 6.07) is 13.9. The summed E-state index contributed by atoms with van der Waals surface area (Å²) in [6.45, 7) is 2.76. The fraction of sp³-hybridized carbons (Fsp3) is 0.364. The van der Waals surface area contributed by atoms with E-state index in [2.05, 4.69) is 11.9 Å². The normalized spacial score (nSPS) is 14.2. The molecule has 0 bridgehead atoms. The van der Waals surface area contributed by atoms with Gasteiger partial charge in [-0.15, -0.1) is 0 Å². The monoisotopic (exact) mass is 351 g/mol. The highest BCUT2D eigenvalue weighted by Gasteiger charge is 2.24. The first kappa shape index (κ1) is 18.2. The molecule has 0 amide bonds. The third-order valence-electron chi connectivity index (χ3n) is 4.94. The first-order chi connectivity index (χ1) is 12.7. The van der Waals surface area contributed by atoms with Gasteiger partial charge in [0.15, 0.2) is 11.5 Å². The molecular weight excluding hydrogens is 326 g/mol. The zero-order chi connectivity index (χ0) is 18.5. The van der Waals surface area contributed by atoms with Crippen LogP contribution in [0.25, 0.3) is 0 Å². The lowest BCUT2D eigenvalue weighted by molar-refractivity contribution is -0.119. The van der Waals surface area contributed by atoms with Gasteiger partial charge in [-0.05, 0) is 36.1 Å². The van der Waals surface area contributed by atoms with Crippen molar-refractivity contribution >= 4 is 11.5 Å². The Morgan fingerprint density at radius 3 is 2.46 bits per heavy atom. The molecule has 0 aliphatic carbocycles. The van der Waals surface area contributed by atoms with Gasteiger partial charge in [-0.2, -0.15) is 0 Å². The second-order valence-electron chi connectivity index (χ2n) is 6.46. The maximum atomic E-state index is 13.0. The molecule has 2 aromatic rings. The molecule has 4 nitrogen and oxygen atoms in total. The second-order valence-corrected chi connectivity index (χ2v) is 6.46. The summed E-state index contributed by atoms with van der Waals surface area (Å²) in [5.41, 5.74) is 4.09. The number of carbonyl (C=O) groups is 1. The quantitative estimate of drug-likeness (QED) is 0.751. The van der Waals surface area contributed by atoms with E-state index in [0.717, 1.165) is 41.0 Å². The van der Waals surface area contributed by atoms with Gasteiger partial charge >= 0.3 is 0 Å². The molecule has 136 valence electrons. The fourth-order valence-corrected chi connectivity index (χ4v) is 3.57. The van der Waals surface area contributed by atoms with Crippen molar-refractivity contribution in [2.75, 3.05) is 20.8 Å². The lowest BCUT2D eigenvalue weighted by Gasteiger charge is -2.21. The predicted octanol–water partition coefficient (Wildman–Crippen LogP) is 4.20. The summed E-state index contributed by atoms with van der Waals surface area (Å²) in [6.07, 6.45) is 1.98. The highest BCUT2D eigenvalue weighted by atomic mass is 16.5. The molecule has 0 radical (unpaired) electrons. The second kappa shape index (κ2) is 8.17. The van der Waals surface area contributed by atoms with Gasteiger partial charge in [0.1, 0.15) is 5.78 Å². The Kier molecular flexibility index (Phi) is 5.71. The van der Waals surface area contributed by atoms with Crippen molar-refractivity contribution in [2.24, 2.45) is 4.99 Å². The molecular formula is C22H25NO3. The minimum absolute atomic E-state index is 0.0931. The molecule has 0 N–H and O–H groups in total. The summed E-state index contributed by atoms with van der Waals surface area (Å²) >= 11 is 0. The highest BCUT2D eigenvalue weighted by Crippen LogP contribution is 2.33. The molecule has 3 rings (SSSR count). The molecule has 0 unspecified atom stereocenters. The number of ether oxygens (including phenoxy) is 2. The van der Waals surface area contributed by atoms with Gasteiger partial charge in [-0.1, -0.05) is 37.3 Å². The van der Waals surface area contributed by atoms with Gasteiger partial charge in [0, 0.05) is 30.2 Å².